The highest BCUT2D eigenvalue weighted by Crippen LogP contribution is 2.20. The van der Waals surface area contributed by atoms with Crippen molar-refractivity contribution in [2.75, 3.05) is 0 Å². The van der Waals surface area contributed by atoms with Crippen molar-refractivity contribution in [1.82, 2.24) is 0 Å². The Hall–Kier alpha value is -1.63. The van der Waals surface area contributed by atoms with Crippen LogP contribution in [0.15, 0.2) is 48.5 Å². The largest absolute Gasteiger partial charge is 0.207 e. The molecule has 0 unspecified atom stereocenters. The highest BCUT2D eigenvalue weighted by atomic mass is 19.1. The van der Waals surface area contributed by atoms with Gasteiger partial charge in [-0.15, -0.1) is 0 Å². The molecule has 0 radical (unpaired) electrons. The van der Waals surface area contributed by atoms with Gasteiger partial charge in [0.1, 0.15) is 5.82 Å². The minimum atomic E-state index is -0.147. The van der Waals surface area contributed by atoms with E-state index < -0.39 is 0 Å². The quantitative estimate of drug-likeness (QED) is 0.640. The number of benzene rings is 2. The number of halogens is 1. The molecule has 0 bridgehead atoms. The Morgan fingerprint density at radius 3 is 2.00 bits per heavy atom. The normalized spacial score (nSPS) is 9.25. The van der Waals surface area contributed by atoms with E-state index in [1.54, 1.807) is 19.1 Å². The number of hydrogen-bond acceptors (Lipinski definition) is 0. The molecule has 0 N–H and O–H groups in total. The van der Waals surface area contributed by atoms with Gasteiger partial charge in [-0.25, -0.2) is 4.39 Å². The lowest BCUT2D eigenvalue weighted by atomic mass is 10.0. The van der Waals surface area contributed by atoms with Crippen LogP contribution >= 0.6 is 0 Å². The standard InChI is InChI=1S/C13H11F.C2H6/c1-10-7-8-12(9-13(10)14)11-5-3-2-4-6-11;1-2/h2-9H,1H3;1-2H3. The molecule has 2 rings (SSSR count). The molecule has 0 fully saturated rings. The summed E-state index contributed by atoms with van der Waals surface area (Å²) in [5, 5.41) is 0. The van der Waals surface area contributed by atoms with Crippen LogP contribution in [0.25, 0.3) is 11.1 Å². The smallest absolute Gasteiger partial charge is 0.126 e. The topological polar surface area (TPSA) is 0 Å². The van der Waals surface area contributed by atoms with Gasteiger partial charge in [-0.05, 0) is 29.7 Å². The molecule has 1 heteroatoms. The van der Waals surface area contributed by atoms with Crippen LogP contribution in [0.5, 0.6) is 0 Å². The van der Waals surface area contributed by atoms with Crippen LogP contribution in [0.2, 0.25) is 0 Å². The summed E-state index contributed by atoms with van der Waals surface area (Å²) in [4.78, 5) is 0. The fourth-order valence-electron chi connectivity index (χ4n) is 1.40. The van der Waals surface area contributed by atoms with Gasteiger partial charge in [0.15, 0.2) is 0 Å². The van der Waals surface area contributed by atoms with Crippen molar-refractivity contribution in [2.24, 2.45) is 0 Å². The van der Waals surface area contributed by atoms with Crippen LogP contribution in [0.4, 0.5) is 4.39 Å². The molecule has 0 aliphatic rings. The molecule has 0 aliphatic carbocycles. The van der Waals surface area contributed by atoms with Crippen LogP contribution < -0.4 is 0 Å². The number of hydrogen-bond donors (Lipinski definition) is 0. The van der Waals surface area contributed by atoms with Crippen LogP contribution in [-0.2, 0) is 0 Å². The second-order valence-electron chi connectivity index (χ2n) is 3.33. The number of rotatable bonds is 1. The van der Waals surface area contributed by atoms with Crippen LogP contribution in [0, 0.1) is 12.7 Å². The van der Waals surface area contributed by atoms with E-state index in [1.807, 2.05) is 50.2 Å². The maximum Gasteiger partial charge on any atom is 0.126 e. The summed E-state index contributed by atoms with van der Waals surface area (Å²) in [7, 11) is 0. The van der Waals surface area contributed by atoms with Gasteiger partial charge in [-0.1, -0.05) is 56.3 Å². The molecule has 0 atom stereocenters. The fourth-order valence-corrected chi connectivity index (χ4v) is 1.40. The van der Waals surface area contributed by atoms with E-state index in [9.17, 15) is 4.39 Å². The predicted octanol–water partition coefficient (Wildman–Crippen LogP) is 4.83. The minimum Gasteiger partial charge on any atom is -0.207 e. The Morgan fingerprint density at radius 1 is 0.812 bits per heavy atom. The first-order valence-corrected chi connectivity index (χ1v) is 5.59. The molecule has 2 aromatic rings. The molecule has 84 valence electrons. The molecule has 2 aromatic carbocycles. The summed E-state index contributed by atoms with van der Waals surface area (Å²) in [6, 6.07) is 15.1. The first-order chi connectivity index (χ1) is 7.77. The molecule has 0 nitrogen and oxygen atoms in total. The zero-order chi connectivity index (χ0) is 12.0. The zero-order valence-electron chi connectivity index (χ0n) is 10.00. The van der Waals surface area contributed by atoms with E-state index in [-0.39, 0.29) is 5.82 Å². The highest BCUT2D eigenvalue weighted by molar-refractivity contribution is 5.63. The van der Waals surface area contributed by atoms with Gasteiger partial charge in [0.2, 0.25) is 0 Å². The van der Waals surface area contributed by atoms with Crippen LogP contribution in [0.3, 0.4) is 0 Å². The predicted molar refractivity (Wildman–Crippen MR) is 67.9 cm³/mol. The Morgan fingerprint density at radius 2 is 1.44 bits per heavy atom. The van der Waals surface area contributed by atoms with Crippen molar-refractivity contribution in [3.8, 4) is 11.1 Å². The summed E-state index contributed by atoms with van der Waals surface area (Å²) in [5.41, 5.74) is 2.66. The van der Waals surface area contributed by atoms with Gasteiger partial charge in [0.25, 0.3) is 0 Å². The molecule has 16 heavy (non-hydrogen) atoms. The molecule has 0 amide bonds. The summed E-state index contributed by atoms with van der Waals surface area (Å²) < 4.78 is 13.3. The third-order valence-electron chi connectivity index (χ3n) is 2.28. The Kier molecular flexibility index (Phi) is 4.71. The first-order valence-electron chi connectivity index (χ1n) is 5.59. The molecular weight excluding hydrogens is 199 g/mol. The van der Waals surface area contributed by atoms with Crippen molar-refractivity contribution in [2.45, 2.75) is 20.8 Å². The molecule has 0 saturated heterocycles. The van der Waals surface area contributed by atoms with Crippen molar-refractivity contribution < 1.29 is 4.39 Å². The average Bonchev–Trinajstić information content (AvgIpc) is 2.36. The molecule has 0 spiro atoms. The lowest BCUT2D eigenvalue weighted by Crippen LogP contribution is -1.83. The van der Waals surface area contributed by atoms with Crippen molar-refractivity contribution in [3.63, 3.8) is 0 Å². The third-order valence-corrected chi connectivity index (χ3v) is 2.28. The first kappa shape index (κ1) is 12.4. The van der Waals surface area contributed by atoms with Gasteiger partial charge in [-0.3, -0.25) is 0 Å². The summed E-state index contributed by atoms with van der Waals surface area (Å²) in [5.74, 6) is -0.147. The molecule has 0 saturated carbocycles. The highest BCUT2D eigenvalue weighted by Gasteiger charge is 2.00. The van der Waals surface area contributed by atoms with E-state index in [0.29, 0.717) is 5.56 Å². The second kappa shape index (κ2) is 6.06. The van der Waals surface area contributed by atoms with Gasteiger partial charge < -0.3 is 0 Å². The Bertz CT molecular complexity index is 432. The van der Waals surface area contributed by atoms with E-state index >= 15 is 0 Å². The Balaban J connectivity index is 0.000000606. The monoisotopic (exact) mass is 216 g/mol. The molecule has 0 aromatic heterocycles. The zero-order valence-corrected chi connectivity index (χ0v) is 10.00. The van der Waals surface area contributed by atoms with E-state index in [4.69, 9.17) is 0 Å². The summed E-state index contributed by atoms with van der Waals surface area (Å²) >= 11 is 0. The van der Waals surface area contributed by atoms with Gasteiger partial charge >= 0.3 is 0 Å². The third kappa shape index (κ3) is 2.93. The summed E-state index contributed by atoms with van der Waals surface area (Å²) in [6.07, 6.45) is 0. The molecule has 0 heterocycles. The maximum atomic E-state index is 13.3. The van der Waals surface area contributed by atoms with Gasteiger partial charge in [0, 0.05) is 0 Å². The van der Waals surface area contributed by atoms with Gasteiger partial charge in [-0.2, -0.15) is 0 Å². The van der Waals surface area contributed by atoms with E-state index in [1.165, 1.54) is 0 Å². The van der Waals surface area contributed by atoms with Crippen LogP contribution in [0.1, 0.15) is 19.4 Å². The lowest BCUT2D eigenvalue weighted by Gasteiger charge is -2.02. The second-order valence-corrected chi connectivity index (χ2v) is 3.33. The minimum absolute atomic E-state index is 0.147. The van der Waals surface area contributed by atoms with Crippen molar-refractivity contribution in [3.05, 3.63) is 59.9 Å². The molecule has 0 aliphatic heterocycles. The summed E-state index contributed by atoms with van der Waals surface area (Å²) in [6.45, 7) is 5.77. The van der Waals surface area contributed by atoms with E-state index in [0.717, 1.165) is 11.1 Å². The molecular formula is C15H17F. The van der Waals surface area contributed by atoms with Crippen molar-refractivity contribution in [1.29, 1.82) is 0 Å². The maximum absolute atomic E-state index is 13.3. The average molecular weight is 216 g/mol. The van der Waals surface area contributed by atoms with E-state index in [2.05, 4.69) is 0 Å². The SMILES string of the molecule is CC.Cc1ccc(-c2ccccc2)cc1F. The van der Waals surface area contributed by atoms with Crippen molar-refractivity contribution >= 4 is 0 Å². The Labute approximate surface area is 96.8 Å². The van der Waals surface area contributed by atoms with Gasteiger partial charge in [0.05, 0.1) is 0 Å². The van der Waals surface area contributed by atoms with Crippen LogP contribution in [-0.4, -0.2) is 0 Å². The number of aryl methyl sites for hydroxylation is 1. The lowest BCUT2D eigenvalue weighted by molar-refractivity contribution is 0.619. The fraction of sp³-hybridized carbons (Fsp3) is 0.200.